The molecule has 0 fully saturated rings. The average Bonchev–Trinajstić information content (AvgIpc) is 2.61. The van der Waals surface area contributed by atoms with Gasteiger partial charge in [0.1, 0.15) is 5.65 Å². The second-order valence-corrected chi connectivity index (χ2v) is 3.23. The lowest BCUT2D eigenvalue weighted by Crippen LogP contribution is -1.99. The van der Waals surface area contributed by atoms with Crippen molar-refractivity contribution in [2.75, 3.05) is 6.54 Å². The van der Waals surface area contributed by atoms with E-state index >= 15 is 0 Å². The molecule has 0 aromatic carbocycles. The molecule has 0 saturated carbocycles. The number of pyridine rings is 1. The Morgan fingerprint density at radius 3 is 3.07 bits per heavy atom. The number of fused-ring (bicyclic) bond motifs is 1. The van der Waals surface area contributed by atoms with Gasteiger partial charge in [0.15, 0.2) is 0 Å². The summed E-state index contributed by atoms with van der Waals surface area (Å²) in [5.74, 6) is 0. The third-order valence-electron chi connectivity index (χ3n) is 2.17. The maximum Gasteiger partial charge on any atom is 0.137 e. The Hall–Kier alpha value is -1.61. The van der Waals surface area contributed by atoms with Gasteiger partial charge in [0.2, 0.25) is 0 Å². The van der Waals surface area contributed by atoms with Crippen LogP contribution < -0.4 is 5.73 Å². The van der Waals surface area contributed by atoms with Gasteiger partial charge in [-0.15, -0.1) is 0 Å². The van der Waals surface area contributed by atoms with E-state index < -0.39 is 0 Å². The maximum absolute atomic E-state index is 5.47. The van der Waals surface area contributed by atoms with Crippen LogP contribution in [0.15, 0.2) is 37.2 Å². The van der Waals surface area contributed by atoms with E-state index in [2.05, 4.69) is 11.6 Å². The molecule has 0 amide bonds. The van der Waals surface area contributed by atoms with Crippen LogP contribution in [-0.4, -0.2) is 15.9 Å². The summed E-state index contributed by atoms with van der Waals surface area (Å²) in [6.45, 7) is 4.57. The Balaban J connectivity index is 2.40. The second kappa shape index (κ2) is 3.64. The van der Waals surface area contributed by atoms with Gasteiger partial charge in [-0.05, 0) is 30.7 Å². The van der Waals surface area contributed by atoms with Crippen LogP contribution in [0.3, 0.4) is 0 Å². The Labute approximate surface area is 82.9 Å². The molecule has 0 unspecified atom stereocenters. The summed E-state index contributed by atoms with van der Waals surface area (Å²) in [5.41, 5.74) is 8.34. The Morgan fingerprint density at radius 1 is 1.50 bits per heavy atom. The molecule has 0 aliphatic heterocycles. The van der Waals surface area contributed by atoms with E-state index in [1.807, 2.05) is 35.0 Å². The smallest absolute Gasteiger partial charge is 0.137 e. The highest BCUT2D eigenvalue weighted by Gasteiger charge is 2.03. The number of hydrogen-bond acceptors (Lipinski definition) is 2. The van der Waals surface area contributed by atoms with Crippen LogP contribution in [0.4, 0.5) is 0 Å². The van der Waals surface area contributed by atoms with Gasteiger partial charge in [0, 0.05) is 12.4 Å². The van der Waals surface area contributed by atoms with Gasteiger partial charge >= 0.3 is 0 Å². The highest BCUT2D eigenvalue weighted by Crippen LogP contribution is 2.14. The van der Waals surface area contributed by atoms with Crippen molar-refractivity contribution in [1.82, 2.24) is 9.38 Å². The van der Waals surface area contributed by atoms with Gasteiger partial charge in [-0.2, -0.15) is 0 Å². The van der Waals surface area contributed by atoms with E-state index in [-0.39, 0.29) is 0 Å². The Morgan fingerprint density at radius 2 is 2.36 bits per heavy atom. The zero-order valence-electron chi connectivity index (χ0n) is 7.98. The first-order valence-corrected chi connectivity index (χ1v) is 4.63. The van der Waals surface area contributed by atoms with Crippen LogP contribution in [0.5, 0.6) is 0 Å². The molecule has 14 heavy (non-hydrogen) atoms. The summed E-state index contributed by atoms with van der Waals surface area (Å²) in [6.07, 6.45) is 4.75. The molecule has 2 aromatic heterocycles. The summed E-state index contributed by atoms with van der Waals surface area (Å²) in [4.78, 5) is 4.44. The van der Waals surface area contributed by atoms with Crippen molar-refractivity contribution in [2.45, 2.75) is 6.42 Å². The highest BCUT2D eigenvalue weighted by molar-refractivity contribution is 5.62. The molecule has 2 N–H and O–H groups in total. The van der Waals surface area contributed by atoms with E-state index in [1.165, 1.54) is 0 Å². The van der Waals surface area contributed by atoms with Crippen molar-refractivity contribution in [3.05, 3.63) is 42.9 Å². The standard InChI is InChI=1S/C11H13N3/c1-9(5-6-12)10-8-14-7-3-2-4-11(14)13-10/h2-4,7-8H,1,5-6,12H2. The SMILES string of the molecule is C=C(CCN)c1cn2ccccc2n1. The molecule has 0 aliphatic rings. The first-order valence-electron chi connectivity index (χ1n) is 4.63. The fourth-order valence-corrected chi connectivity index (χ4v) is 1.41. The van der Waals surface area contributed by atoms with E-state index in [4.69, 9.17) is 5.73 Å². The molecule has 0 radical (unpaired) electrons. The van der Waals surface area contributed by atoms with Crippen molar-refractivity contribution < 1.29 is 0 Å². The summed E-state index contributed by atoms with van der Waals surface area (Å²) < 4.78 is 1.98. The van der Waals surface area contributed by atoms with Crippen LogP contribution in [0.25, 0.3) is 11.2 Å². The van der Waals surface area contributed by atoms with E-state index in [9.17, 15) is 0 Å². The lowest BCUT2D eigenvalue weighted by molar-refractivity contribution is 1.02. The molecule has 2 heterocycles. The fourth-order valence-electron chi connectivity index (χ4n) is 1.41. The minimum atomic E-state index is 0.618. The van der Waals surface area contributed by atoms with Crippen molar-refractivity contribution >= 4 is 11.2 Å². The van der Waals surface area contributed by atoms with Crippen molar-refractivity contribution in [2.24, 2.45) is 5.73 Å². The molecule has 0 bridgehead atoms. The van der Waals surface area contributed by atoms with Gasteiger partial charge in [0.25, 0.3) is 0 Å². The normalized spacial score (nSPS) is 10.6. The first kappa shape index (κ1) is 8.97. The van der Waals surface area contributed by atoms with Gasteiger partial charge in [0.05, 0.1) is 5.69 Å². The number of rotatable bonds is 3. The lowest BCUT2D eigenvalue weighted by atomic mass is 10.2. The summed E-state index contributed by atoms with van der Waals surface area (Å²) in [7, 11) is 0. The number of nitrogens with two attached hydrogens (primary N) is 1. The van der Waals surface area contributed by atoms with Crippen LogP contribution >= 0.6 is 0 Å². The van der Waals surface area contributed by atoms with Crippen LogP contribution in [0.2, 0.25) is 0 Å². The third-order valence-corrected chi connectivity index (χ3v) is 2.17. The molecule has 3 heteroatoms. The van der Waals surface area contributed by atoms with Crippen LogP contribution in [-0.2, 0) is 0 Å². The zero-order valence-corrected chi connectivity index (χ0v) is 7.98. The lowest BCUT2D eigenvalue weighted by Gasteiger charge is -1.96. The van der Waals surface area contributed by atoms with Crippen molar-refractivity contribution in [3.63, 3.8) is 0 Å². The summed E-state index contributed by atoms with van der Waals surface area (Å²) in [6, 6.07) is 5.92. The second-order valence-electron chi connectivity index (χ2n) is 3.23. The van der Waals surface area contributed by atoms with Gasteiger partial charge in [-0.3, -0.25) is 0 Å². The minimum Gasteiger partial charge on any atom is -0.330 e. The fraction of sp³-hybridized carbons (Fsp3) is 0.182. The van der Waals surface area contributed by atoms with Gasteiger partial charge in [-0.1, -0.05) is 12.6 Å². The third kappa shape index (κ3) is 1.54. The highest BCUT2D eigenvalue weighted by atomic mass is 15.0. The Bertz CT molecular complexity index is 423. The minimum absolute atomic E-state index is 0.618. The molecule has 72 valence electrons. The van der Waals surface area contributed by atoms with E-state index in [0.717, 1.165) is 23.3 Å². The monoisotopic (exact) mass is 187 g/mol. The number of nitrogens with zero attached hydrogens (tertiary/aromatic N) is 2. The van der Waals surface area contributed by atoms with E-state index in [1.54, 1.807) is 0 Å². The van der Waals surface area contributed by atoms with Gasteiger partial charge in [-0.25, -0.2) is 4.98 Å². The molecule has 3 nitrogen and oxygen atoms in total. The maximum atomic E-state index is 5.47. The zero-order chi connectivity index (χ0) is 9.97. The number of aromatic nitrogens is 2. The van der Waals surface area contributed by atoms with Crippen LogP contribution in [0, 0.1) is 0 Å². The topological polar surface area (TPSA) is 43.3 Å². The van der Waals surface area contributed by atoms with Gasteiger partial charge < -0.3 is 10.1 Å². The quantitative estimate of drug-likeness (QED) is 0.794. The predicted octanol–water partition coefficient (Wildman–Crippen LogP) is 1.70. The summed E-state index contributed by atoms with van der Waals surface area (Å²) >= 11 is 0. The number of imidazole rings is 1. The summed E-state index contributed by atoms with van der Waals surface area (Å²) in [5, 5.41) is 0. The largest absolute Gasteiger partial charge is 0.330 e. The molecular formula is C11H13N3. The number of hydrogen-bond donors (Lipinski definition) is 1. The van der Waals surface area contributed by atoms with E-state index in [0.29, 0.717) is 6.54 Å². The average molecular weight is 187 g/mol. The molecule has 0 saturated heterocycles. The van der Waals surface area contributed by atoms with Crippen LogP contribution in [0.1, 0.15) is 12.1 Å². The Kier molecular flexibility index (Phi) is 2.33. The molecule has 2 aromatic rings. The molecule has 0 spiro atoms. The molecule has 2 rings (SSSR count). The first-order chi connectivity index (χ1) is 6.81. The molecule has 0 atom stereocenters. The van der Waals surface area contributed by atoms with Crippen molar-refractivity contribution in [1.29, 1.82) is 0 Å². The van der Waals surface area contributed by atoms with Crippen molar-refractivity contribution in [3.8, 4) is 0 Å². The predicted molar refractivity (Wildman–Crippen MR) is 57.9 cm³/mol. The molecular weight excluding hydrogens is 174 g/mol. The molecule has 0 aliphatic carbocycles.